The Morgan fingerprint density at radius 2 is 1.70 bits per heavy atom. The van der Waals surface area contributed by atoms with Crippen LogP contribution in [0.25, 0.3) is 0 Å². The van der Waals surface area contributed by atoms with E-state index in [0.717, 1.165) is 25.5 Å². The van der Waals surface area contributed by atoms with Crippen molar-refractivity contribution in [3.05, 3.63) is 35.4 Å². The summed E-state index contributed by atoms with van der Waals surface area (Å²) in [5.74, 6) is 1.88. The van der Waals surface area contributed by atoms with E-state index in [1.54, 1.807) is 0 Å². The standard InChI is InChI=1S/C20H24N2O3S2/c23-9-15-19(26-10-21-15)18(25)17-20(27-11-22-17)16(24)6-5-12-7-13-3-1-2-4-14(13)8-12/h1-4,9,12,15,17,19-22H,5-8,10-11H2/t15-,17-,19?,20?/m1/s1. The fourth-order valence-electron chi connectivity index (χ4n) is 4.30. The van der Waals surface area contributed by atoms with E-state index in [9.17, 15) is 14.4 Å². The Kier molecular flexibility index (Phi) is 6.02. The van der Waals surface area contributed by atoms with Gasteiger partial charge in [0.1, 0.15) is 12.1 Å². The zero-order valence-corrected chi connectivity index (χ0v) is 16.7. The number of Topliss-reactive ketones (excluding diaryl/α,β-unsaturated/α-hetero) is 2. The van der Waals surface area contributed by atoms with Crippen molar-refractivity contribution in [2.75, 3.05) is 11.8 Å². The minimum Gasteiger partial charge on any atom is -0.302 e. The quantitative estimate of drug-likeness (QED) is 0.668. The van der Waals surface area contributed by atoms with Crippen molar-refractivity contribution in [2.24, 2.45) is 5.92 Å². The minimum atomic E-state index is -0.469. The molecule has 2 unspecified atom stereocenters. The third kappa shape index (κ3) is 4.01. The summed E-state index contributed by atoms with van der Waals surface area (Å²) in [6.07, 6.45) is 4.30. The van der Waals surface area contributed by atoms with Crippen LogP contribution in [0, 0.1) is 5.92 Å². The molecule has 3 aliphatic rings. The lowest BCUT2D eigenvalue weighted by Gasteiger charge is -2.21. The Morgan fingerprint density at radius 1 is 1.04 bits per heavy atom. The molecule has 27 heavy (non-hydrogen) atoms. The maximum atomic E-state index is 12.9. The smallest absolute Gasteiger partial charge is 0.166 e. The van der Waals surface area contributed by atoms with E-state index in [2.05, 4.69) is 34.9 Å². The SMILES string of the molecule is O=C[C@H]1NCSC1C(=O)[C@H]1NCSC1C(=O)CCC1Cc2ccccc2C1. The molecular formula is C20H24N2O3S2. The van der Waals surface area contributed by atoms with Gasteiger partial charge in [0.05, 0.1) is 22.6 Å². The molecule has 4 rings (SSSR count). The van der Waals surface area contributed by atoms with E-state index < -0.39 is 17.3 Å². The number of hydrogen-bond acceptors (Lipinski definition) is 7. The van der Waals surface area contributed by atoms with E-state index in [1.807, 2.05) is 0 Å². The van der Waals surface area contributed by atoms with Crippen LogP contribution in [0.1, 0.15) is 24.0 Å². The van der Waals surface area contributed by atoms with Gasteiger partial charge >= 0.3 is 0 Å². The van der Waals surface area contributed by atoms with Gasteiger partial charge in [-0.3, -0.25) is 20.2 Å². The normalized spacial score (nSPS) is 30.4. The number of carbonyl (C=O) groups excluding carboxylic acids is 3. The molecule has 2 fully saturated rings. The third-order valence-corrected chi connectivity index (χ3v) is 8.21. The summed E-state index contributed by atoms with van der Waals surface area (Å²) in [6.45, 7) is 0. The Bertz CT molecular complexity index is 717. The van der Waals surface area contributed by atoms with Crippen LogP contribution in [-0.2, 0) is 27.2 Å². The van der Waals surface area contributed by atoms with Crippen LogP contribution in [0.15, 0.2) is 24.3 Å². The summed E-state index contributed by atoms with van der Waals surface area (Å²) in [7, 11) is 0. The first-order chi connectivity index (χ1) is 13.2. The van der Waals surface area contributed by atoms with Gasteiger partial charge in [-0.1, -0.05) is 24.3 Å². The van der Waals surface area contributed by atoms with Crippen molar-refractivity contribution in [1.29, 1.82) is 0 Å². The van der Waals surface area contributed by atoms with Gasteiger partial charge < -0.3 is 4.79 Å². The molecule has 2 saturated heterocycles. The second kappa shape index (κ2) is 8.47. The van der Waals surface area contributed by atoms with E-state index >= 15 is 0 Å². The molecule has 5 nitrogen and oxygen atoms in total. The summed E-state index contributed by atoms with van der Waals surface area (Å²) in [5.41, 5.74) is 2.82. The van der Waals surface area contributed by atoms with E-state index in [-0.39, 0.29) is 16.8 Å². The number of benzene rings is 1. The van der Waals surface area contributed by atoms with Gasteiger partial charge in [0.25, 0.3) is 0 Å². The van der Waals surface area contributed by atoms with Crippen LogP contribution >= 0.6 is 23.5 Å². The average molecular weight is 405 g/mol. The third-order valence-electron chi connectivity index (χ3n) is 5.76. The van der Waals surface area contributed by atoms with Gasteiger partial charge in [0.2, 0.25) is 0 Å². The summed E-state index contributed by atoms with van der Waals surface area (Å²) in [5, 5.41) is 5.50. The first-order valence-corrected chi connectivity index (χ1v) is 11.6. The summed E-state index contributed by atoms with van der Waals surface area (Å²) >= 11 is 2.98. The molecule has 0 spiro atoms. The van der Waals surface area contributed by atoms with Gasteiger partial charge in [0, 0.05) is 18.2 Å². The summed E-state index contributed by atoms with van der Waals surface area (Å²) in [6, 6.07) is 7.60. The maximum absolute atomic E-state index is 12.9. The number of fused-ring (bicyclic) bond motifs is 1. The van der Waals surface area contributed by atoms with Crippen LogP contribution in [0.4, 0.5) is 0 Å². The molecule has 4 atom stereocenters. The van der Waals surface area contributed by atoms with E-state index in [4.69, 9.17) is 0 Å². The number of aldehydes is 1. The Hall–Kier alpha value is -1.15. The van der Waals surface area contributed by atoms with Crippen LogP contribution < -0.4 is 10.6 Å². The molecular weight excluding hydrogens is 380 g/mol. The zero-order chi connectivity index (χ0) is 18.8. The lowest BCUT2D eigenvalue weighted by molar-refractivity contribution is -0.125. The van der Waals surface area contributed by atoms with Crippen LogP contribution in [0.3, 0.4) is 0 Å². The Morgan fingerprint density at radius 3 is 2.41 bits per heavy atom. The van der Waals surface area contributed by atoms with E-state index in [1.165, 1.54) is 34.7 Å². The van der Waals surface area contributed by atoms with Gasteiger partial charge in [-0.25, -0.2) is 0 Å². The molecule has 0 bridgehead atoms. The zero-order valence-electron chi connectivity index (χ0n) is 15.1. The van der Waals surface area contributed by atoms with Crippen molar-refractivity contribution in [2.45, 2.75) is 48.3 Å². The lowest BCUT2D eigenvalue weighted by Crippen LogP contribution is -2.49. The fraction of sp³-hybridized carbons (Fsp3) is 0.550. The fourth-order valence-corrected chi connectivity index (χ4v) is 6.63. The molecule has 0 saturated carbocycles. The monoisotopic (exact) mass is 404 g/mol. The van der Waals surface area contributed by atoms with Gasteiger partial charge in [-0.2, -0.15) is 0 Å². The molecule has 0 radical (unpaired) electrons. The van der Waals surface area contributed by atoms with Crippen molar-refractivity contribution in [1.82, 2.24) is 10.6 Å². The Balaban J connectivity index is 1.33. The topological polar surface area (TPSA) is 75.3 Å². The number of nitrogens with one attached hydrogen (secondary N) is 2. The number of thioether (sulfide) groups is 2. The van der Waals surface area contributed by atoms with E-state index in [0.29, 0.717) is 24.1 Å². The number of hydrogen-bond donors (Lipinski definition) is 2. The minimum absolute atomic E-state index is 0.0151. The first kappa shape index (κ1) is 19.2. The number of carbonyl (C=O) groups is 3. The highest BCUT2D eigenvalue weighted by molar-refractivity contribution is 8.01. The van der Waals surface area contributed by atoms with Crippen LogP contribution in [0.2, 0.25) is 0 Å². The first-order valence-electron chi connectivity index (χ1n) is 9.46. The molecule has 2 N–H and O–H groups in total. The van der Waals surface area contributed by atoms with Gasteiger partial charge in [0.15, 0.2) is 5.78 Å². The molecule has 1 aliphatic carbocycles. The maximum Gasteiger partial charge on any atom is 0.166 e. The van der Waals surface area contributed by atoms with Crippen molar-refractivity contribution >= 4 is 41.4 Å². The molecule has 1 aromatic carbocycles. The lowest BCUT2D eigenvalue weighted by atomic mass is 9.94. The molecule has 0 aromatic heterocycles. The second-order valence-corrected chi connectivity index (χ2v) is 9.72. The molecule has 0 amide bonds. The van der Waals surface area contributed by atoms with Gasteiger partial charge in [-0.05, 0) is 36.3 Å². The predicted octanol–water partition coefficient (Wildman–Crippen LogP) is 1.58. The van der Waals surface area contributed by atoms with Crippen molar-refractivity contribution < 1.29 is 14.4 Å². The van der Waals surface area contributed by atoms with Crippen molar-refractivity contribution in [3.63, 3.8) is 0 Å². The molecule has 7 heteroatoms. The van der Waals surface area contributed by atoms with Crippen molar-refractivity contribution in [3.8, 4) is 0 Å². The molecule has 1 aromatic rings. The largest absolute Gasteiger partial charge is 0.302 e. The molecule has 2 heterocycles. The van der Waals surface area contributed by atoms with Crippen LogP contribution in [-0.4, -0.2) is 52.2 Å². The molecule has 144 valence electrons. The second-order valence-electron chi connectivity index (χ2n) is 7.46. The highest BCUT2D eigenvalue weighted by atomic mass is 32.2. The highest BCUT2D eigenvalue weighted by Crippen LogP contribution is 2.32. The molecule has 2 aliphatic heterocycles. The number of ketones is 2. The Labute approximate surface area is 167 Å². The average Bonchev–Trinajstić information content (AvgIpc) is 3.43. The number of rotatable bonds is 7. The summed E-state index contributed by atoms with van der Waals surface area (Å²) in [4.78, 5) is 36.9. The predicted molar refractivity (Wildman–Crippen MR) is 109 cm³/mol. The summed E-state index contributed by atoms with van der Waals surface area (Å²) < 4.78 is 0. The highest BCUT2D eigenvalue weighted by Gasteiger charge is 2.44. The van der Waals surface area contributed by atoms with Crippen LogP contribution in [0.5, 0.6) is 0 Å². The van der Waals surface area contributed by atoms with Gasteiger partial charge in [-0.15, -0.1) is 23.5 Å².